The average molecular weight is 368 g/mol. The maximum atomic E-state index is 12.3. The third-order valence-corrected chi connectivity index (χ3v) is 4.54. The Morgan fingerprint density at radius 1 is 1.00 bits per heavy atom. The zero-order valence-corrected chi connectivity index (χ0v) is 15.0. The van der Waals surface area contributed by atoms with E-state index < -0.39 is 4.92 Å². The molecule has 0 saturated heterocycles. The van der Waals surface area contributed by atoms with Crippen molar-refractivity contribution in [1.82, 2.24) is 4.90 Å². The molecular formula is C20H20N2O5. The van der Waals surface area contributed by atoms with Crippen LogP contribution in [0, 0.1) is 17.0 Å². The molecule has 0 atom stereocenters. The Hall–Kier alpha value is -3.22. The molecule has 3 rings (SSSR count). The van der Waals surface area contributed by atoms with E-state index in [1.807, 2.05) is 0 Å². The van der Waals surface area contributed by atoms with Gasteiger partial charge in [0, 0.05) is 18.2 Å². The van der Waals surface area contributed by atoms with Crippen molar-refractivity contribution in [2.75, 3.05) is 13.2 Å². The van der Waals surface area contributed by atoms with Crippen LogP contribution in [0.2, 0.25) is 0 Å². The van der Waals surface area contributed by atoms with Crippen LogP contribution in [0.15, 0.2) is 42.5 Å². The van der Waals surface area contributed by atoms with Crippen molar-refractivity contribution in [3.63, 3.8) is 0 Å². The van der Waals surface area contributed by atoms with Crippen LogP contribution >= 0.6 is 0 Å². The van der Waals surface area contributed by atoms with Crippen LogP contribution in [0.4, 0.5) is 5.69 Å². The van der Waals surface area contributed by atoms with Crippen LogP contribution < -0.4 is 4.74 Å². The normalized spacial score (nSPS) is 13.0. The van der Waals surface area contributed by atoms with Gasteiger partial charge in [0.2, 0.25) is 0 Å². The number of unbranched alkanes of at least 4 members (excludes halogenated alkanes) is 2. The summed E-state index contributed by atoms with van der Waals surface area (Å²) in [5, 5.41) is 10.8. The number of carbonyl (C=O) groups excluding carboxylic acids is 2. The van der Waals surface area contributed by atoms with Crippen molar-refractivity contribution in [1.29, 1.82) is 0 Å². The molecule has 2 amide bonds. The van der Waals surface area contributed by atoms with Gasteiger partial charge in [-0.3, -0.25) is 24.6 Å². The smallest absolute Gasteiger partial charge is 0.272 e. The number of hydrogen-bond acceptors (Lipinski definition) is 5. The molecule has 0 fully saturated rings. The van der Waals surface area contributed by atoms with Crippen molar-refractivity contribution in [3.8, 4) is 5.75 Å². The van der Waals surface area contributed by atoms with Gasteiger partial charge in [-0.05, 0) is 50.5 Å². The van der Waals surface area contributed by atoms with E-state index in [2.05, 4.69) is 0 Å². The van der Waals surface area contributed by atoms with E-state index >= 15 is 0 Å². The van der Waals surface area contributed by atoms with Gasteiger partial charge in [-0.25, -0.2) is 0 Å². The Labute approximate surface area is 156 Å². The number of nitro benzene ring substituents is 1. The van der Waals surface area contributed by atoms with Crippen molar-refractivity contribution in [2.24, 2.45) is 0 Å². The van der Waals surface area contributed by atoms with E-state index in [1.54, 1.807) is 43.3 Å². The summed E-state index contributed by atoms with van der Waals surface area (Å²) in [5.74, 6) is 0.139. The quantitative estimate of drug-likeness (QED) is 0.306. The number of rotatable bonds is 8. The maximum Gasteiger partial charge on any atom is 0.272 e. The van der Waals surface area contributed by atoms with Gasteiger partial charge >= 0.3 is 0 Å². The van der Waals surface area contributed by atoms with Crippen LogP contribution in [0.25, 0.3) is 0 Å². The van der Waals surface area contributed by atoms with E-state index in [4.69, 9.17) is 4.74 Å². The molecule has 0 bridgehead atoms. The molecule has 1 aliphatic heterocycles. The first-order chi connectivity index (χ1) is 13.0. The highest BCUT2D eigenvalue weighted by atomic mass is 16.6. The summed E-state index contributed by atoms with van der Waals surface area (Å²) in [4.78, 5) is 36.2. The minimum Gasteiger partial charge on any atom is -0.494 e. The summed E-state index contributed by atoms with van der Waals surface area (Å²) in [6.07, 6.45) is 2.27. The summed E-state index contributed by atoms with van der Waals surface area (Å²) >= 11 is 0. The number of hydrogen-bond donors (Lipinski definition) is 0. The molecule has 0 unspecified atom stereocenters. The predicted octanol–water partition coefficient (Wildman–Crippen LogP) is 3.75. The summed E-state index contributed by atoms with van der Waals surface area (Å²) in [6, 6.07) is 11.5. The van der Waals surface area contributed by atoms with E-state index in [0.29, 0.717) is 42.0 Å². The third-order valence-electron chi connectivity index (χ3n) is 4.54. The molecule has 7 nitrogen and oxygen atoms in total. The summed E-state index contributed by atoms with van der Waals surface area (Å²) < 4.78 is 5.62. The van der Waals surface area contributed by atoms with Crippen molar-refractivity contribution in [2.45, 2.75) is 26.2 Å². The lowest BCUT2D eigenvalue weighted by Gasteiger charge is -2.13. The maximum absolute atomic E-state index is 12.3. The molecule has 2 aromatic rings. The summed E-state index contributed by atoms with van der Waals surface area (Å²) in [5.41, 5.74) is 1.57. The van der Waals surface area contributed by atoms with Gasteiger partial charge in [-0.1, -0.05) is 12.1 Å². The van der Waals surface area contributed by atoms with Crippen LogP contribution in [0.5, 0.6) is 5.75 Å². The number of ether oxygens (including phenoxy) is 1. The van der Waals surface area contributed by atoms with Crippen LogP contribution in [0.1, 0.15) is 45.5 Å². The molecule has 1 heterocycles. The highest BCUT2D eigenvalue weighted by Crippen LogP contribution is 2.24. The van der Waals surface area contributed by atoms with E-state index in [0.717, 1.165) is 12.8 Å². The zero-order valence-electron chi connectivity index (χ0n) is 15.0. The van der Waals surface area contributed by atoms with Gasteiger partial charge in [0.1, 0.15) is 5.75 Å². The predicted molar refractivity (Wildman–Crippen MR) is 99.0 cm³/mol. The second kappa shape index (κ2) is 7.99. The number of carbonyl (C=O) groups is 2. The van der Waals surface area contributed by atoms with Gasteiger partial charge < -0.3 is 4.74 Å². The van der Waals surface area contributed by atoms with E-state index in [-0.39, 0.29) is 17.5 Å². The number of aryl methyl sites for hydroxylation is 1. The molecule has 1 aliphatic rings. The SMILES string of the molecule is Cc1cc(OCCCCCN2C(=O)c3ccccc3C2=O)ccc1[N+](=O)[O-]. The topological polar surface area (TPSA) is 89.8 Å². The van der Waals surface area contributed by atoms with Crippen molar-refractivity contribution >= 4 is 17.5 Å². The Balaban J connectivity index is 1.40. The molecule has 0 aromatic heterocycles. The lowest BCUT2D eigenvalue weighted by Crippen LogP contribution is -2.30. The zero-order chi connectivity index (χ0) is 19.4. The fourth-order valence-electron chi connectivity index (χ4n) is 3.10. The molecule has 140 valence electrons. The van der Waals surface area contributed by atoms with Crippen LogP contribution in [-0.2, 0) is 0 Å². The molecular weight excluding hydrogens is 348 g/mol. The second-order valence-corrected chi connectivity index (χ2v) is 6.42. The first-order valence-corrected chi connectivity index (χ1v) is 8.82. The Morgan fingerprint density at radius 2 is 1.67 bits per heavy atom. The number of nitro groups is 1. The number of nitrogens with zero attached hydrogens (tertiary/aromatic N) is 2. The highest BCUT2D eigenvalue weighted by Gasteiger charge is 2.34. The van der Waals surface area contributed by atoms with E-state index in [1.165, 1.54) is 11.0 Å². The van der Waals surface area contributed by atoms with Crippen LogP contribution in [-0.4, -0.2) is 34.8 Å². The van der Waals surface area contributed by atoms with Crippen molar-refractivity contribution in [3.05, 3.63) is 69.3 Å². The molecule has 0 N–H and O–H groups in total. The van der Waals surface area contributed by atoms with Gasteiger partial charge in [-0.2, -0.15) is 0 Å². The third kappa shape index (κ3) is 3.97. The summed E-state index contributed by atoms with van der Waals surface area (Å²) in [6.45, 7) is 2.54. The van der Waals surface area contributed by atoms with E-state index in [9.17, 15) is 19.7 Å². The number of fused-ring (bicyclic) bond motifs is 1. The standard InChI is InChI=1S/C20H20N2O5/c1-14-13-15(9-10-18(14)22(25)26)27-12-6-2-5-11-21-19(23)16-7-3-4-8-17(16)20(21)24/h3-4,7-10,13H,2,5-6,11-12H2,1H3. The molecule has 0 radical (unpaired) electrons. The molecule has 0 aliphatic carbocycles. The van der Waals surface area contributed by atoms with Gasteiger partial charge in [0.15, 0.2) is 0 Å². The number of imide groups is 1. The highest BCUT2D eigenvalue weighted by molar-refractivity contribution is 6.21. The van der Waals surface area contributed by atoms with Gasteiger partial charge in [-0.15, -0.1) is 0 Å². The minimum atomic E-state index is -0.418. The first kappa shape index (κ1) is 18.6. The lowest BCUT2D eigenvalue weighted by molar-refractivity contribution is -0.385. The number of amides is 2. The number of benzene rings is 2. The Morgan fingerprint density at radius 3 is 2.26 bits per heavy atom. The fraction of sp³-hybridized carbons (Fsp3) is 0.300. The monoisotopic (exact) mass is 368 g/mol. The summed E-state index contributed by atoms with van der Waals surface area (Å²) in [7, 11) is 0. The molecule has 2 aromatic carbocycles. The Kier molecular flexibility index (Phi) is 5.49. The molecule has 7 heteroatoms. The fourth-order valence-corrected chi connectivity index (χ4v) is 3.10. The van der Waals surface area contributed by atoms with Crippen LogP contribution in [0.3, 0.4) is 0 Å². The van der Waals surface area contributed by atoms with Crippen molar-refractivity contribution < 1.29 is 19.2 Å². The van der Waals surface area contributed by atoms with Gasteiger partial charge in [0.05, 0.1) is 22.7 Å². The second-order valence-electron chi connectivity index (χ2n) is 6.42. The Bertz CT molecular complexity index is 859. The lowest BCUT2D eigenvalue weighted by atomic mass is 10.1. The molecule has 0 saturated carbocycles. The molecule has 0 spiro atoms. The first-order valence-electron chi connectivity index (χ1n) is 8.82. The molecule has 27 heavy (non-hydrogen) atoms. The average Bonchev–Trinajstić information content (AvgIpc) is 2.89. The van der Waals surface area contributed by atoms with Gasteiger partial charge in [0.25, 0.3) is 17.5 Å². The minimum absolute atomic E-state index is 0.0725. The largest absolute Gasteiger partial charge is 0.494 e.